The summed E-state index contributed by atoms with van der Waals surface area (Å²) < 4.78 is 75.1. The van der Waals surface area contributed by atoms with Gasteiger partial charge in [-0.25, -0.2) is 9.37 Å². The number of ether oxygens (including phenoxy) is 2. The van der Waals surface area contributed by atoms with Gasteiger partial charge >= 0.3 is 6.18 Å². The Morgan fingerprint density at radius 3 is 2.43 bits per heavy atom. The minimum absolute atomic E-state index is 0.0112. The number of aliphatic hydroxyl groups is 1. The average molecular weight is 655 g/mol. The zero-order chi connectivity index (χ0) is 33.9. The number of benzene rings is 2. The van der Waals surface area contributed by atoms with Crippen LogP contribution in [0, 0.1) is 19.7 Å². The van der Waals surface area contributed by atoms with E-state index in [0.717, 1.165) is 31.0 Å². The van der Waals surface area contributed by atoms with E-state index < -0.39 is 47.1 Å². The summed E-state index contributed by atoms with van der Waals surface area (Å²) in [5.74, 6) is -1.53. The summed E-state index contributed by atoms with van der Waals surface area (Å²) >= 11 is 0. The van der Waals surface area contributed by atoms with Crippen LogP contribution >= 0.6 is 0 Å². The summed E-state index contributed by atoms with van der Waals surface area (Å²) in [4.78, 5) is 30.0. The van der Waals surface area contributed by atoms with Crippen molar-refractivity contribution in [2.24, 2.45) is 5.73 Å². The molecule has 3 heterocycles. The van der Waals surface area contributed by atoms with E-state index >= 15 is 0 Å². The van der Waals surface area contributed by atoms with Crippen LogP contribution in [0.15, 0.2) is 53.1 Å². The van der Waals surface area contributed by atoms with Gasteiger partial charge in [0.05, 0.1) is 29.6 Å². The first-order valence-electron chi connectivity index (χ1n) is 14.7. The molecule has 2 atom stereocenters. The fraction of sp³-hybridized carbons (Fsp3) is 0.333. The monoisotopic (exact) mass is 654 g/mol. The molecule has 4 N–H and O–H groups in total. The average Bonchev–Trinajstić information content (AvgIpc) is 3.69. The summed E-state index contributed by atoms with van der Waals surface area (Å²) in [6.07, 6.45) is -3.63. The summed E-state index contributed by atoms with van der Waals surface area (Å²) in [5.41, 5.74) is 0.886. The number of carbonyl (C=O) groups is 2. The SMILES string of the molecule is Cc1noc(C)c1-c1cc(C(=O)NCC(O)(c2cc3c(c(-c4ccc(F)cc4)n2)OC[C@]3(C)C(N)=O)C(F)(F)F)ccc1OC1CC1. The first-order chi connectivity index (χ1) is 22.1. The lowest BCUT2D eigenvalue weighted by atomic mass is 9.81. The maximum atomic E-state index is 14.8. The molecule has 0 spiro atoms. The highest BCUT2D eigenvalue weighted by molar-refractivity contribution is 5.96. The smallest absolute Gasteiger partial charge is 0.424 e. The lowest BCUT2D eigenvalue weighted by Gasteiger charge is -2.31. The van der Waals surface area contributed by atoms with Crippen LogP contribution in [0.25, 0.3) is 22.4 Å². The molecule has 0 radical (unpaired) electrons. The van der Waals surface area contributed by atoms with Gasteiger partial charge in [0.1, 0.15) is 40.8 Å². The molecule has 47 heavy (non-hydrogen) atoms. The van der Waals surface area contributed by atoms with E-state index in [9.17, 15) is 32.3 Å². The Morgan fingerprint density at radius 2 is 1.83 bits per heavy atom. The molecule has 2 amide bonds. The lowest BCUT2D eigenvalue weighted by Crippen LogP contribution is -2.51. The van der Waals surface area contributed by atoms with E-state index in [1.165, 1.54) is 31.2 Å². The molecule has 14 heteroatoms. The molecular weight excluding hydrogens is 624 g/mol. The second-order valence-electron chi connectivity index (χ2n) is 12.0. The Labute approximate surface area is 265 Å². The third kappa shape index (κ3) is 5.66. The zero-order valence-electron chi connectivity index (χ0n) is 25.5. The topological polar surface area (TPSA) is 150 Å². The van der Waals surface area contributed by atoms with Gasteiger partial charge in [-0.2, -0.15) is 13.2 Å². The number of pyridine rings is 1. The summed E-state index contributed by atoms with van der Waals surface area (Å²) in [5, 5.41) is 17.5. The molecule has 1 saturated carbocycles. The van der Waals surface area contributed by atoms with E-state index in [1.807, 2.05) is 0 Å². The standard InChI is InChI=1S/C33H30F4N4O6/c1-16-26(17(2)47-41-16)22-12-19(6-11-24(22)46-21-9-10-21)29(42)39-14-32(44,33(35,36)37)25-13-23-28(45-15-31(23,3)30(38)43)27(40-25)18-4-7-20(34)8-5-18/h4-8,11-13,21,44H,9-10,14-15H2,1-3H3,(H2,38,43)(H,39,42)/t31-,32?/m0/s1. The van der Waals surface area contributed by atoms with Gasteiger partial charge in [0.2, 0.25) is 11.5 Å². The highest BCUT2D eigenvalue weighted by atomic mass is 19.4. The number of primary amides is 1. The predicted molar refractivity (Wildman–Crippen MR) is 159 cm³/mol. The molecule has 2 aromatic carbocycles. The number of fused-ring (bicyclic) bond motifs is 1. The molecule has 1 aliphatic heterocycles. The fourth-order valence-corrected chi connectivity index (χ4v) is 5.45. The van der Waals surface area contributed by atoms with Gasteiger partial charge in [0.15, 0.2) is 0 Å². The molecule has 10 nitrogen and oxygen atoms in total. The Kier molecular flexibility index (Phi) is 7.74. The van der Waals surface area contributed by atoms with Crippen LogP contribution < -0.4 is 20.5 Å². The van der Waals surface area contributed by atoms with Crippen molar-refractivity contribution in [3.8, 4) is 33.9 Å². The summed E-state index contributed by atoms with van der Waals surface area (Å²) in [6, 6.07) is 10.0. The number of amides is 2. The second kappa shape index (κ2) is 11.4. The number of rotatable bonds is 9. The quantitative estimate of drug-likeness (QED) is 0.213. The number of carbonyl (C=O) groups excluding carboxylic acids is 2. The molecule has 1 fully saturated rings. The first-order valence-corrected chi connectivity index (χ1v) is 14.7. The molecule has 4 aromatic rings. The van der Waals surface area contributed by atoms with E-state index in [4.69, 9.17) is 19.7 Å². The maximum Gasteiger partial charge on any atom is 0.424 e. The van der Waals surface area contributed by atoms with Crippen LogP contribution in [0.3, 0.4) is 0 Å². The highest BCUT2D eigenvalue weighted by Crippen LogP contribution is 2.48. The minimum atomic E-state index is -5.37. The minimum Gasteiger partial charge on any atom is -0.490 e. The number of alkyl halides is 3. The molecule has 0 saturated heterocycles. The van der Waals surface area contributed by atoms with Crippen molar-refractivity contribution in [3.63, 3.8) is 0 Å². The van der Waals surface area contributed by atoms with Gasteiger partial charge in [-0.05, 0) is 82.1 Å². The van der Waals surface area contributed by atoms with Crippen molar-refractivity contribution in [1.29, 1.82) is 0 Å². The zero-order valence-corrected chi connectivity index (χ0v) is 25.5. The normalized spacial score (nSPS) is 18.6. The van der Waals surface area contributed by atoms with E-state index in [-0.39, 0.29) is 40.8 Å². The van der Waals surface area contributed by atoms with Gasteiger partial charge in [0.25, 0.3) is 5.91 Å². The van der Waals surface area contributed by atoms with Gasteiger partial charge in [0, 0.05) is 22.3 Å². The molecule has 1 unspecified atom stereocenters. The Morgan fingerprint density at radius 1 is 1.13 bits per heavy atom. The number of aryl methyl sites for hydroxylation is 2. The van der Waals surface area contributed by atoms with E-state index in [0.29, 0.717) is 28.3 Å². The van der Waals surface area contributed by atoms with Gasteiger partial charge in [-0.3, -0.25) is 9.59 Å². The lowest BCUT2D eigenvalue weighted by molar-refractivity contribution is -0.265. The van der Waals surface area contributed by atoms with Crippen LogP contribution in [0.2, 0.25) is 0 Å². The van der Waals surface area contributed by atoms with E-state index in [1.54, 1.807) is 19.9 Å². The number of halogens is 4. The number of nitrogens with zero attached hydrogens (tertiary/aromatic N) is 2. The number of hydrogen-bond donors (Lipinski definition) is 3. The van der Waals surface area contributed by atoms with Crippen molar-refractivity contribution in [1.82, 2.24) is 15.5 Å². The Hall–Kier alpha value is -4.98. The maximum absolute atomic E-state index is 14.8. The second-order valence-corrected chi connectivity index (χ2v) is 12.0. The van der Waals surface area contributed by atoms with Crippen molar-refractivity contribution in [2.45, 2.75) is 56.9 Å². The number of nitrogens with one attached hydrogen (secondary N) is 1. The van der Waals surface area contributed by atoms with Crippen molar-refractivity contribution in [3.05, 3.63) is 82.6 Å². The van der Waals surface area contributed by atoms with Gasteiger partial charge in [-0.15, -0.1) is 0 Å². The predicted octanol–water partition coefficient (Wildman–Crippen LogP) is 5.02. The van der Waals surface area contributed by atoms with E-state index in [2.05, 4.69) is 15.5 Å². The van der Waals surface area contributed by atoms with Crippen LogP contribution in [-0.4, -0.2) is 52.5 Å². The first kappa shape index (κ1) is 32.0. The summed E-state index contributed by atoms with van der Waals surface area (Å²) in [7, 11) is 0. The van der Waals surface area contributed by atoms with Gasteiger partial charge < -0.3 is 30.2 Å². The molecule has 6 rings (SSSR count). The summed E-state index contributed by atoms with van der Waals surface area (Å²) in [6.45, 7) is 3.14. The third-order valence-corrected chi connectivity index (χ3v) is 8.49. The molecular formula is C33H30F4N4O6. The molecule has 2 aromatic heterocycles. The van der Waals surface area contributed by atoms with Crippen molar-refractivity contribution < 1.29 is 46.3 Å². The highest BCUT2D eigenvalue weighted by Gasteiger charge is 2.57. The Balaban J connectivity index is 1.39. The largest absolute Gasteiger partial charge is 0.490 e. The molecule has 2 aliphatic rings. The van der Waals surface area contributed by atoms with Crippen LogP contribution in [0.1, 0.15) is 52.8 Å². The van der Waals surface area contributed by atoms with Gasteiger partial charge in [-0.1, -0.05) is 5.16 Å². The number of aromatic nitrogens is 2. The van der Waals surface area contributed by atoms with Crippen LogP contribution in [0.4, 0.5) is 17.6 Å². The number of nitrogens with two attached hydrogens (primary N) is 1. The molecule has 1 aliphatic carbocycles. The fourth-order valence-electron chi connectivity index (χ4n) is 5.45. The van der Waals surface area contributed by atoms with Crippen molar-refractivity contribution >= 4 is 11.8 Å². The van der Waals surface area contributed by atoms with Crippen LogP contribution in [-0.2, 0) is 15.8 Å². The number of hydrogen-bond acceptors (Lipinski definition) is 8. The van der Waals surface area contributed by atoms with Crippen LogP contribution in [0.5, 0.6) is 11.5 Å². The molecule has 0 bridgehead atoms. The van der Waals surface area contributed by atoms with Crippen molar-refractivity contribution in [2.75, 3.05) is 13.2 Å². The molecule has 246 valence electrons. The third-order valence-electron chi connectivity index (χ3n) is 8.49. The Bertz CT molecular complexity index is 1870.